The molecule has 0 spiro atoms. The van der Waals surface area contributed by atoms with Crippen molar-refractivity contribution < 1.29 is 15.3 Å². The van der Waals surface area contributed by atoms with Crippen molar-refractivity contribution in [3.05, 3.63) is 53.1 Å². The molecule has 0 radical (unpaired) electrons. The lowest BCUT2D eigenvalue weighted by molar-refractivity contribution is 0.364. The Morgan fingerprint density at radius 2 is 1.75 bits per heavy atom. The van der Waals surface area contributed by atoms with Gasteiger partial charge in [-0.25, -0.2) is 0 Å². The molecule has 0 aromatic heterocycles. The first-order valence-electron chi connectivity index (χ1n) is 6.71. The van der Waals surface area contributed by atoms with Gasteiger partial charge >= 0.3 is 0 Å². The van der Waals surface area contributed by atoms with Gasteiger partial charge in [-0.1, -0.05) is 30.3 Å². The minimum atomic E-state index is -0.433. The molecule has 0 bridgehead atoms. The number of hydrogen-bond donors (Lipinski definition) is 4. The Bertz CT molecular complexity index is 625. The molecule has 0 unspecified atom stereocenters. The molecule has 1 heterocycles. The molecule has 2 aromatic carbocycles. The summed E-state index contributed by atoms with van der Waals surface area (Å²) in [4.78, 5) is 0. The van der Waals surface area contributed by atoms with Crippen molar-refractivity contribution in [1.29, 1.82) is 0 Å². The minimum absolute atomic E-state index is 0.0473. The zero-order valence-corrected chi connectivity index (χ0v) is 11.0. The van der Waals surface area contributed by atoms with Gasteiger partial charge in [-0.15, -0.1) is 0 Å². The van der Waals surface area contributed by atoms with Crippen LogP contribution in [-0.4, -0.2) is 28.4 Å². The first-order chi connectivity index (χ1) is 9.68. The van der Waals surface area contributed by atoms with Crippen molar-refractivity contribution in [3.63, 3.8) is 0 Å². The van der Waals surface area contributed by atoms with Gasteiger partial charge in [-0.3, -0.25) is 0 Å². The van der Waals surface area contributed by atoms with Gasteiger partial charge in [-0.2, -0.15) is 0 Å². The number of phenolic OH excluding ortho intramolecular Hbond substituents is 3. The summed E-state index contributed by atoms with van der Waals surface area (Å²) in [6.45, 7) is 1.47. The fourth-order valence-corrected chi connectivity index (χ4v) is 2.83. The highest BCUT2D eigenvalue weighted by Crippen LogP contribution is 2.43. The maximum absolute atomic E-state index is 10.1. The Hall–Kier alpha value is -2.20. The highest BCUT2D eigenvalue weighted by atomic mass is 16.3. The van der Waals surface area contributed by atoms with E-state index in [1.54, 1.807) is 6.07 Å². The lowest BCUT2D eigenvalue weighted by Crippen LogP contribution is -2.20. The summed E-state index contributed by atoms with van der Waals surface area (Å²) in [6.07, 6.45) is 0.623. The lowest BCUT2D eigenvalue weighted by atomic mass is 9.87. The highest BCUT2D eigenvalue weighted by molar-refractivity contribution is 5.59. The van der Waals surface area contributed by atoms with Crippen LogP contribution in [0.25, 0.3) is 0 Å². The molecule has 0 saturated carbocycles. The maximum Gasteiger partial charge on any atom is 0.200 e. The van der Waals surface area contributed by atoms with E-state index < -0.39 is 5.75 Å². The fourth-order valence-electron chi connectivity index (χ4n) is 2.83. The van der Waals surface area contributed by atoms with Crippen molar-refractivity contribution in [2.75, 3.05) is 13.1 Å². The van der Waals surface area contributed by atoms with E-state index in [-0.39, 0.29) is 17.4 Å². The highest BCUT2D eigenvalue weighted by Gasteiger charge is 2.25. The van der Waals surface area contributed by atoms with E-state index >= 15 is 0 Å². The van der Waals surface area contributed by atoms with Crippen LogP contribution in [0, 0.1) is 0 Å². The molecule has 4 nitrogen and oxygen atoms in total. The van der Waals surface area contributed by atoms with E-state index in [1.807, 2.05) is 30.3 Å². The molecule has 2 aromatic rings. The van der Waals surface area contributed by atoms with Crippen LogP contribution in [0.4, 0.5) is 0 Å². The zero-order valence-electron chi connectivity index (χ0n) is 11.0. The Balaban J connectivity index is 2.17. The molecule has 4 heteroatoms. The molecule has 1 aliphatic rings. The molecule has 104 valence electrons. The van der Waals surface area contributed by atoms with Gasteiger partial charge in [0.1, 0.15) is 0 Å². The molecule has 4 N–H and O–H groups in total. The van der Waals surface area contributed by atoms with Crippen LogP contribution in [0.15, 0.2) is 36.4 Å². The predicted molar refractivity (Wildman–Crippen MR) is 76.3 cm³/mol. The number of fused-ring (bicyclic) bond motifs is 1. The third-order valence-corrected chi connectivity index (χ3v) is 3.87. The van der Waals surface area contributed by atoms with Gasteiger partial charge in [0.05, 0.1) is 0 Å². The lowest BCUT2D eigenvalue weighted by Gasteiger charge is -2.19. The number of hydrogen-bond acceptors (Lipinski definition) is 4. The molecule has 0 aliphatic carbocycles. The SMILES string of the molecule is Oc1cc2c(c(O)c1O)CCNC[C@H]2c1ccccc1. The summed E-state index contributed by atoms with van der Waals surface area (Å²) in [6, 6.07) is 11.5. The molecular formula is C16H17NO3. The Kier molecular flexibility index (Phi) is 3.24. The summed E-state index contributed by atoms with van der Waals surface area (Å²) in [5, 5.41) is 32.9. The van der Waals surface area contributed by atoms with Gasteiger partial charge in [0.15, 0.2) is 11.5 Å². The molecule has 0 saturated heterocycles. The smallest absolute Gasteiger partial charge is 0.200 e. The molecule has 1 atom stereocenters. The zero-order chi connectivity index (χ0) is 14.1. The van der Waals surface area contributed by atoms with Crippen LogP contribution in [-0.2, 0) is 6.42 Å². The third-order valence-electron chi connectivity index (χ3n) is 3.87. The summed E-state index contributed by atoms with van der Waals surface area (Å²) in [5.41, 5.74) is 2.70. The maximum atomic E-state index is 10.1. The van der Waals surface area contributed by atoms with Crippen molar-refractivity contribution in [3.8, 4) is 17.2 Å². The van der Waals surface area contributed by atoms with E-state index in [4.69, 9.17) is 0 Å². The first-order valence-corrected chi connectivity index (χ1v) is 6.71. The first kappa shape index (κ1) is 12.8. The van der Waals surface area contributed by atoms with E-state index in [0.29, 0.717) is 12.0 Å². The van der Waals surface area contributed by atoms with Crippen LogP contribution in [0.1, 0.15) is 22.6 Å². The topological polar surface area (TPSA) is 72.7 Å². The van der Waals surface area contributed by atoms with E-state index in [0.717, 1.165) is 24.2 Å². The van der Waals surface area contributed by atoms with Gasteiger partial charge in [0.25, 0.3) is 0 Å². The van der Waals surface area contributed by atoms with Crippen molar-refractivity contribution >= 4 is 0 Å². The molecular weight excluding hydrogens is 254 g/mol. The average Bonchev–Trinajstić information content (AvgIpc) is 2.68. The standard InChI is InChI=1S/C16H17NO3/c18-14-8-12-11(15(19)16(14)20)6-7-17-9-13(12)10-4-2-1-3-5-10/h1-5,8,13,17-20H,6-7,9H2/t13-/m0/s1. The van der Waals surface area contributed by atoms with Gasteiger partial charge < -0.3 is 20.6 Å². The molecule has 20 heavy (non-hydrogen) atoms. The number of nitrogens with one attached hydrogen (secondary N) is 1. The van der Waals surface area contributed by atoms with Gasteiger partial charge in [-0.05, 0) is 30.2 Å². The quantitative estimate of drug-likeness (QED) is 0.599. The molecule has 0 fully saturated rings. The van der Waals surface area contributed by atoms with Crippen LogP contribution < -0.4 is 5.32 Å². The average molecular weight is 271 g/mol. The Morgan fingerprint density at radius 3 is 2.50 bits per heavy atom. The van der Waals surface area contributed by atoms with E-state index in [1.165, 1.54) is 0 Å². The van der Waals surface area contributed by atoms with E-state index in [2.05, 4.69) is 5.32 Å². The van der Waals surface area contributed by atoms with Crippen LogP contribution in [0.5, 0.6) is 17.2 Å². The van der Waals surface area contributed by atoms with E-state index in [9.17, 15) is 15.3 Å². The minimum Gasteiger partial charge on any atom is -0.504 e. The second kappa shape index (κ2) is 5.06. The van der Waals surface area contributed by atoms with Crippen molar-refractivity contribution in [1.82, 2.24) is 5.32 Å². The Labute approximate surface area is 117 Å². The number of rotatable bonds is 1. The number of aromatic hydroxyl groups is 3. The van der Waals surface area contributed by atoms with Gasteiger partial charge in [0.2, 0.25) is 5.75 Å². The third kappa shape index (κ3) is 2.08. The van der Waals surface area contributed by atoms with Crippen molar-refractivity contribution in [2.45, 2.75) is 12.3 Å². The summed E-state index contributed by atoms with van der Waals surface area (Å²) in [5.74, 6) is -0.864. The van der Waals surface area contributed by atoms with Crippen LogP contribution in [0.2, 0.25) is 0 Å². The predicted octanol–water partition coefficient (Wildman–Crippen LogP) is 2.08. The van der Waals surface area contributed by atoms with Crippen LogP contribution in [0.3, 0.4) is 0 Å². The Morgan fingerprint density at radius 1 is 1.00 bits per heavy atom. The number of benzene rings is 2. The second-order valence-electron chi connectivity index (χ2n) is 5.08. The monoisotopic (exact) mass is 271 g/mol. The summed E-state index contributed by atoms with van der Waals surface area (Å²) < 4.78 is 0. The fraction of sp³-hybridized carbons (Fsp3) is 0.250. The largest absolute Gasteiger partial charge is 0.504 e. The summed E-state index contributed by atoms with van der Waals surface area (Å²) >= 11 is 0. The molecule has 0 amide bonds. The normalized spacial score (nSPS) is 18.3. The van der Waals surface area contributed by atoms with Gasteiger partial charge in [0, 0.05) is 18.0 Å². The van der Waals surface area contributed by atoms with Crippen molar-refractivity contribution in [2.24, 2.45) is 0 Å². The molecule has 3 rings (SSSR count). The summed E-state index contributed by atoms with van der Waals surface area (Å²) in [7, 11) is 0. The molecule has 1 aliphatic heterocycles. The number of phenols is 3. The second-order valence-corrected chi connectivity index (χ2v) is 5.08. The van der Waals surface area contributed by atoms with Crippen LogP contribution >= 0.6 is 0 Å².